The highest BCUT2D eigenvalue weighted by molar-refractivity contribution is 5.85. The summed E-state index contributed by atoms with van der Waals surface area (Å²) in [5, 5.41) is 3.33. The van der Waals surface area contributed by atoms with Gasteiger partial charge in [-0.1, -0.05) is 20.8 Å². The quantitative estimate of drug-likeness (QED) is 0.831. The third kappa shape index (κ3) is 5.67. The summed E-state index contributed by atoms with van der Waals surface area (Å²) >= 11 is 0. The Morgan fingerprint density at radius 1 is 1.10 bits per heavy atom. The van der Waals surface area contributed by atoms with Crippen molar-refractivity contribution in [1.29, 1.82) is 0 Å². The first-order chi connectivity index (χ1) is 8.39. The fraction of sp³-hybridized carbons (Fsp3) is 1.00. The van der Waals surface area contributed by atoms with E-state index in [1.54, 1.807) is 0 Å². The fourth-order valence-corrected chi connectivity index (χ4v) is 3.43. The van der Waals surface area contributed by atoms with Crippen LogP contribution in [0.5, 0.6) is 0 Å². The van der Waals surface area contributed by atoms with Crippen LogP contribution in [-0.2, 0) is 0 Å². The monoisotopic (exact) mass is 328 g/mol. The Balaban J connectivity index is 0.00000180. The Morgan fingerprint density at radius 2 is 1.60 bits per heavy atom. The topological polar surface area (TPSA) is 15.3 Å². The lowest BCUT2D eigenvalue weighted by molar-refractivity contribution is 0.0161. The van der Waals surface area contributed by atoms with Gasteiger partial charge in [-0.2, -0.15) is 0 Å². The second-order valence-electron chi connectivity index (χ2n) is 7.32. The standard InChI is InChI=1S/C15H29FN2.2ClH/c1-14(2,3)13-4-6-15(16,7-5-13)12-18-10-8-17-9-11-18;;/h13,17H,4-12H2,1-3H3;2*1H. The van der Waals surface area contributed by atoms with Crippen LogP contribution in [0.15, 0.2) is 0 Å². The maximum Gasteiger partial charge on any atom is 0.123 e. The molecule has 1 heterocycles. The van der Waals surface area contributed by atoms with E-state index in [1.807, 2.05) is 0 Å². The highest BCUT2D eigenvalue weighted by Crippen LogP contribution is 2.43. The van der Waals surface area contributed by atoms with E-state index in [-0.39, 0.29) is 24.8 Å². The number of alkyl halides is 1. The molecule has 0 atom stereocenters. The smallest absolute Gasteiger partial charge is 0.123 e. The minimum Gasteiger partial charge on any atom is -0.314 e. The molecule has 1 aliphatic carbocycles. The summed E-state index contributed by atoms with van der Waals surface area (Å²) in [6, 6.07) is 0. The molecule has 0 spiro atoms. The summed E-state index contributed by atoms with van der Waals surface area (Å²) in [5.41, 5.74) is -0.574. The van der Waals surface area contributed by atoms with E-state index in [2.05, 4.69) is 31.0 Å². The highest BCUT2D eigenvalue weighted by Gasteiger charge is 2.39. The van der Waals surface area contributed by atoms with Gasteiger partial charge in [0.15, 0.2) is 0 Å². The molecule has 0 unspecified atom stereocenters. The predicted octanol–water partition coefficient (Wildman–Crippen LogP) is 3.68. The zero-order valence-electron chi connectivity index (χ0n) is 13.1. The predicted molar refractivity (Wildman–Crippen MR) is 89.1 cm³/mol. The van der Waals surface area contributed by atoms with Crippen molar-refractivity contribution in [2.45, 2.75) is 52.1 Å². The highest BCUT2D eigenvalue weighted by atomic mass is 35.5. The lowest BCUT2D eigenvalue weighted by atomic mass is 9.69. The molecule has 122 valence electrons. The number of nitrogens with zero attached hydrogens (tertiary/aromatic N) is 1. The molecule has 20 heavy (non-hydrogen) atoms. The number of nitrogens with one attached hydrogen (secondary N) is 1. The van der Waals surface area contributed by atoms with Gasteiger partial charge in [0.25, 0.3) is 0 Å². The first kappa shape index (κ1) is 20.4. The number of hydrogen-bond acceptors (Lipinski definition) is 2. The molecule has 0 aromatic heterocycles. The molecule has 1 saturated carbocycles. The van der Waals surface area contributed by atoms with Crippen molar-refractivity contribution in [1.82, 2.24) is 10.2 Å². The van der Waals surface area contributed by atoms with Gasteiger partial charge in [-0.05, 0) is 37.0 Å². The van der Waals surface area contributed by atoms with E-state index in [9.17, 15) is 4.39 Å². The van der Waals surface area contributed by atoms with Crippen molar-refractivity contribution in [3.8, 4) is 0 Å². The van der Waals surface area contributed by atoms with Crippen molar-refractivity contribution in [3.05, 3.63) is 0 Å². The Bertz CT molecular complexity index is 268. The van der Waals surface area contributed by atoms with Gasteiger partial charge in [-0.25, -0.2) is 4.39 Å². The van der Waals surface area contributed by atoms with E-state index in [0.717, 1.165) is 51.9 Å². The van der Waals surface area contributed by atoms with E-state index >= 15 is 0 Å². The maximum absolute atomic E-state index is 14.9. The van der Waals surface area contributed by atoms with Gasteiger partial charge in [-0.3, -0.25) is 4.90 Å². The summed E-state index contributed by atoms with van der Waals surface area (Å²) in [5.74, 6) is 0.699. The Kier molecular flexibility index (Phi) is 8.34. The summed E-state index contributed by atoms with van der Waals surface area (Å²) in [6.45, 7) is 11.6. The summed E-state index contributed by atoms with van der Waals surface area (Å²) < 4.78 is 14.9. The van der Waals surface area contributed by atoms with Gasteiger partial charge in [0.05, 0.1) is 0 Å². The SMILES string of the molecule is CC(C)(C)C1CCC(F)(CN2CCNCC2)CC1.Cl.Cl. The molecule has 2 aliphatic rings. The first-order valence-electron chi connectivity index (χ1n) is 7.51. The van der Waals surface area contributed by atoms with E-state index < -0.39 is 5.67 Å². The molecular weight excluding hydrogens is 298 g/mol. The van der Waals surface area contributed by atoms with Crippen LogP contribution >= 0.6 is 24.8 Å². The molecule has 2 fully saturated rings. The number of hydrogen-bond donors (Lipinski definition) is 1. The minimum atomic E-state index is -0.918. The molecule has 0 radical (unpaired) electrons. The molecule has 2 rings (SSSR count). The average Bonchev–Trinajstić information content (AvgIpc) is 2.29. The summed E-state index contributed by atoms with van der Waals surface area (Å²) in [6.07, 6.45) is 3.65. The molecule has 0 amide bonds. The van der Waals surface area contributed by atoms with Crippen molar-refractivity contribution < 1.29 is 4.39 Å². The third-order valence-corrected chi connectivity index (χ3v) is 4.82. The van der Waals surface area contributed by atoms with Crippen LogP contribution in [-0.4, -0.2) is 43.3 Å². The zero-order chi connectivity index (χ0) is 13.2. The van der Waals surface area contributed by atoms with E-state index in [4.69, 9.17) is 0 Å². The second-order valence-corrected chi connectivity index (χ2v) is 7.32. The zero-order valence-corrected chi connectivity index (χ0v) is 14.7. The van der Waals surface area contributed by atoms with Crippen LogP contribution in [0.4, 0.5) is 4.39 Å². The van der Waals surface area contributed by atoms with Crippen LogP contribution in [0.25, 0.3) is 0 Å². The van der Waals surface area contributed by atoms with Crippen molar-refractivity contribution >= 4 is 24.8 Å². The van der Waals surface area contributed by atoms with Gasteiger partial charge >= 0.3 is 0 Å². The molecule has 1 aliphatic heterocycles. The van der Waals surface area contributed by atoms with Gasteiger partial charge < -0.3 is 5.32 Å². The van der Waals surface area contributed by atoms with Crippen LogP contribution in [0.2, 0.25) is 0 Å². The maximum atomic E-state index is 14.9. The second kappa shape index (κ2) is 8.17. The van der Waals surface area contributed by atoms with Crippen LogP contribution in [0.3, 0.4) is 0 Å². The normalized spacial score (nSPS) is 32.1. The molecule has 0 aromatic carbocycles. The molecule has 0 bridgehead atoms. The van der Waals surface area contributed by atoms with E-state index in [0.29, 0.717) is 17.9 Å². The Labute approximate surface area is 136 Å². The molecular formula is C15H31Cl2FN2. The van der Waals surface area contributed by atoms with Gasteiger partial charge in [0.1, 0.15) is 5.67 Å². The largest absolute Gasteiger partial charge is 0.314 e. The molecule has 0 aromatic rings. The number of rotatable bonds is 2. The minimum absolute atomic E-state index is 0. The lowest BCUT2D eigenvalue weighted by Crippen LogP contribution is -2.50. The van der Waals surface area contributed by atoms with Crippen LogP contribution in [0, 0.1) is 11.3 Å². The van der Waals surface area contributed by atoms with Gasteiger partial charge in [0.2, 0.25) is 0 Å². The summed E-state index contributed by atoms with van der Waals surface area (Å²) in [4.78, 5) is 2.30. The summed E-state index contributed by atoms with van der Waals surface area (Å²) in [7, 11) is 0. The van der Waals surface area contributed by atoms with Crippen molar-refractivity contribution in [2.24, 2.45) is 11.3 Å². The van der Waals surface area contributed by atoms with Crippen LogP contribution in [0.1, 0.15) is 46.5 Å². The third-order valence-electron chi connectivity index (χ3n) is 4.82. The lowest BCUT2D eigenvalue weighted by Gasteiger charge is -2.42. The number of piperazine rings is 1. The molecule has 1 saturated heterocycles. The van der Waals surface area contributed by atoms with Crippen molar-refractivity contribution in [2.75, 3.05) is 32.7 Å². The first-order valence-corrected chi connectivity index (χ1v) is 7.51. The van der Waals surface area contributed by atoms with Crippen LogP contribution < -0.4 is 5.32 Å². The fourth-order valence-electron chi connectivity index (χ4n) is 3.43. The molecule has 5 heteroatoms. The van der Waals surface area contributed by atoms with Gasteiger partial charge in [0, 0.05) is 32.7 Å². The average molecular weight is 329 g/mol. The van der Waals surface area contributed by atoms with Gasteiger partial charge in [-0.15, -0.1) is 24.8 Å². The molecule has 2 nitrogen and oxygen atoms in total. The van der Waals surface area contributed by atoms with Crippen molar-refractivity contribution in [3.63, 3.8) is 0 Å². The Hall–Kier alpha value is 0.430. The Morgan fingerprint density at radius 3 is 2.05 bits per heavy atom. The molecule has 1 N–H and O–H groups in total. The number of halogens is 3. The van der Waals surface area contributed by atoms with E-state index in [1.165, 1.54) is 0 Å².